The number of guanidine groups is 1. The Bertz CT molecular complexity index is 378. The van der Waals surface area contributed by atoms with Crippen molar-refractivity contribution in [1.29, 1.82) is 0 Å². The Morgan fingerprint density at radius 3 is 3.05 bits per heavy atom. The van der Waals surface area contributed by atoms with E-state index in [4.69, 9.17) is 0 Å². The van der Waals surface area contributed by atoms with Crippen molar-refractivity contribution in [2.24, 2.45) is 10.9 Å². The molecule has 2 rings (SSSR count). The van der Waals surface area contributed by atoms with Gasteiger partial charge in [-0.2, -0.15) is 0 Å². The molecule has 1 N–H and O–H groups in total. The van der Waals surface area contributed by atoms with Gasteiger partial charge in [0.2, 0.25) is 0 Å². The predicted octanol–water partition coefficient (Wildman–Crippen LogP) is 3.22. The number of nitrogens with one attached hydrogen (secondary N) is 1. The summed E-state index contributed by atoms with van der Waals surface area (Å²) in [5.41, 5.74) is 0. The summed E-state index contributed by atoms with van der Waals surface area (Å²) >= 11 is 1.82. The third kappa shape index (κ3) is 5.30. The van der Waals surface area contributed by atoms with Gasteiger partial charge in [0.1, 0.15) is 0 Å². The van der Waals surface area contributed by atoms with E-state index >= 15 is 0 Å². The number of nitrogens with zero attached hydrogens (tertiary/aromatic N) is 2. The van der Waals surface area contributed by atoms with Crippen molar-refractivity contribution < 1.29 is 0 Å². The maximum absolute atomic E-state index is 4.40. The van der Waals surface area contributed by atoms with Crippen LogP contribution in [0.25, 0.3) is 0 Å². The van der Waals surface area contributed by atoms with Crippen LogP contribution >= 0.6 is 35.3 Å². The van der Waals surface area contributed by atoms with Crippen LogP contribution in [0.4, 0.5) is 0 Å². The average molecular weight is 393 g/mol. The van der Waals surface area contributed by atoms with Gasteiger partial charge in [0.25, 0.3) is 0 Å². The second kappa shape index (κ2) is 8.79. The maximum atomic E-state index is 4.40. The SMILES string of the molecule is CN=C(NCCc1cccs1)N1CCCC(C)C1.I. The Morgan fingerprint density at radius 1 is 1.58 bits per heavy atom. The zero-order valence-corrected chi connectivity index (χ0v) is 14.9. The zero-order chi connectivity index (χ0) is 12.8. The van der Waals surface area contributed by atoms with E-state index in [1.165, 1.54) is 17.7 Å². The van der Waals surface area contributed by atoms with Crippen LogP contribution in [0.3, 0.4) is 0 Å². The molecule has 0 bridgehead atoms. The Kier molecular flexibility index (Phi) is 7.75. The molecular weight excluding hydrogens is 369 g/mol. The van der Waals surface area contributed by atoms with Crippen LogP contribution in [0.5, 0.6) is 0 Å². The van der Waals surface area contributed by atoms with Crippen molar-refractivity contribution in [1.82, 2.24) is 10.2 Å². The summed E-state index contributed by atoms with van der Waals surface area (Å²) in [6.45, 7) is 5.57. The Balaban J connectivity index is 0.00000180. The topological polar surface area (TPSA) is 27.6 Å². The highest BCUT2D eigenvalue weighted by atomic mass is 127. The minimum absolute atomic E-state index is 0. The lowest BCUT2D eigenvalue weighted by Gasteiger charge is -2.33. The van der Waals surface area contributed by atoms with E-state index in [0.29, 0.717) is 0 Å². The number of hydrogen-bond donors (Lipinski definition) is 1. The minimum Gasteiger partial charge on any atom is -0.356 e. The first-order valence-corrected chi connectivity index (χ1v) is 7.65. The first-order chi connectivity index (χ1) is 8.79. The highest BCUT2D eigenvalue weighted by Gasteiger charge is 2.18. The monoisotopic (exact) mass is 393 g/mol. The molecule has 1 aromatic heterocycles. The molecule has 0 aliphatic carbocycles. The van der Waals surface area contributed by atoms with E-state index in [2.05, 4.69) is 39.6 Å². The molecule has 5 heteroatoms. The van der Waals surface area contributed by atoms with E-state index in [1.807, 2.05) is 18.4 Å². The van der Waals surface area contributed by atoms with Crippen molar-refractivity contribution in [2.45, 2.75) is 26.2 Å². The molecule has 0 amide bonds. The molecule has 1 aliphatic rings. The number of halogens is 1. The number of aliphatic imine (C=N–C) groups is 1. The summed E-state index contributed by atoms with van der Waals surface area (Å²) in [4.78, 5) is 8.23. The van der Waals surface area contributed by atoms with Crippen LogP contribution in [0.2, 0.25) is 0 Å². The number of piperidine rings is 1. The smallest absolute Gasteiger partial charge is 0.193 e. The lowest BCUT2D eigenvalue weighted by atomic mass is 10.0. The summed E-state index contributed by atoms with van der Waals surface area (Å²) in [5, 5.41) is 5.62. The van der Waals surface area contributed by atoms with Gasteiger partial charge < -0.3 is 10.2 Å². The van der Waals surface area contributed by atoms with Crippen LogP contribution in [-0.2, 0) is 6.42 Å². The molecule has 0 aromatic carbocycles. The third-order valence-electron chi connectivity index (χ3n) is 3.40. The van der Waals surface area contributed by atoms with Crippen molar-refractivity contribution in [3.8, 4) is 0 Å². The molecule has 1 saturated heterocycles. The lowest BCUT2D eigenvalue weighted by Crippen LogP contribution is -2.46. The molecule has 1 atom stereocenters. The standard InChI is InChI=1S/C14H23N3S.HI/c1-12-5-3-9-17(11-12)14(15-2)16-8-7-13-6-4-10-18-13;/h4,6,10,12H,3,5,7-9,11H2,1-2H3,(H,15,16);1H. The zero-order valence-electron chi connectivity index (χ0n) is 11.8. The highest BCUT2D eigenvalue weighted by molar-refractivity contribution is 14.0. The Labute approximate surface area is 137 Å². The molecule has 0 spiro atoms. The molecule has 1 fully saturated rings. The number of likely N-dealkylation sites (tertiary alicyclic amines) is 1. The normalized spacial score (nSPS) is 20.0. The maximum Gasteiger partial charge on any atom is 0.193 e. The summed E-state index contributed by atoms with van der Waals surface area (Å²) in [6.07, 6.45) is 3.72. The van der Waals surface area contributed by atoms with E-state index in [0.717, 1.165) is 37.9 Å². The number of rotatable bonds is 3. The quantitative estimate of drug-likeness (QED) is 0.485. The van der Waals surface area contributed by atoms with Crippen molar-refractivity contribution in [3.05, 3.63) is 22.4 Å². The van der Waals surface area contributed by atoms with Gasteiger partial charge in [-0.15, -0.1) is 35.3 Å². The molecule has 19 heavy (non-hydrogen) atoms. The van der Waals surface area contributed by atoms with Gasteiger partial charge in [-0.1, -0.05) is 13.0 Å². The molecule has 2 heterocycles. The number of hydrogen-bond acceptors (Lipinski definition) is 2. The van der Waals surface area contributed by atoms with E-state index in [-0.39, 0.29) is 24.0 Å². The van der Waals surface area contributed by atoms with Crippen LogP contribution < -0.4 is 5.32 Å². The van der Waals surface area contributed by atoms with E-state index in [1.54, 1.807) is 0 Å². The van der Waals surface area contributed by atoms with Gasteiger partial charge >= 0.3 is 0 Å². The molecule has 3 nitrogen and oxygen atoms in total. The van der Waals surface area contributed by atoms with Crippen LogP contribution in [-0.4, -0.2) is 37.5 Å². The highest BCUT2D eigenvalue weighted by Crippen LogP contribution is 2.15. The van der Waals surface area contributed by atoms with Gasteiger partial charge in [-0.25, -0.2) is 0 Å². The first-order valence-electron chi connectivity index (χ1n) is 6.77. The van der Waals surface area contributed by atoms with Crippen molar-refractivity contribution in [2.75, 3.05) is 26.7 Å². The molecule has 1 aromatic rings. The fourth-order valence-corrected chi connectivity index (χ4v) is 3.18. The molecule has 0 radical (unpaired) electrons. The second-order valence-electron chi connectivity index (χ2n) is 5.00. The fraction of sp³-hybridized carbons (Fsp3) is 0.643. The number of thiophene rings is 1. The van der Waals surface area contributed by atoms with Gasteiger partial charge in [0.05, 0.1) is 0 Å². The molecule has 1 aliphatic heterocycles. The minimum atomic E-state index is 0. The summed E-state index contributed by atoms with van der Waals surface area (Å²) in [6, 6.07) is 4.30. The predicted molar refractivity (Wildman–Crippen MR) is 94.8 cm³/mol. The van der Waals surface area contributed by atoms with Crippen LogP contribution in [0.15, 0.2) is 22.5 Å². The summed E-state index contributed by atoms with van der Waals surface area (Å²) < 4.78 is 0. The van der Waals surface area contributed by atoms with Gasteiger partial charge in [0.15, 0.2) is 5.96 Å². The van der Waals surface area contributed by atoms with Gasteiger partial charge in [-0.3, -0.25) is 4.99 Å². The van der Waals surface area contributed by atoms with Crippen LogP contribution in [0, 0.1) is 5.92 Å². The fourth-order valence-electron chi connectivity index (χ4n) is 2.47. The molecule has 0 saturated carbocycles. The first kappa shape index (κ1) is 16.8. The average Bonchev–Trinajstić information content (AvgIpc) is 2.88. The molecule has 1 unspecified atom stereocenters. The third-order valence-corrected chi connectivity index (χ3v) is 4.34. The second-order valence-corrected chi connectivity index (χ2v) is 6.03. The van der Waals surface area contributed by atoms with E-state index < -0.39 is 0 Å². The van der Waals surface area contributed by atoms with Crippen molar-refractivity contribution in [3.63, 3.8) is 0 Å². The Morgan fingerprint density at radius 2 is 2.42 bits per heavy atom. The lowest BCUT2D eigenvalue weighted by molar-refractivity contribution is 0.266. The van der Waals surface area contributed by atoms with Crippen molar-refractivity contribution >= 4 is 41.3 Å². The van der Waals surface area contributed by atoms with E-state index in [9.17, 15) is 0 Å². The summed E-state index contributed by atoms with van der Waals surface area (Å²) in [5.74, 6) is 1.85. The Hall–Kier alpha value is -0.300. The summed E-state index contributed by atoms with van der Waals surface area (Å²) in [7, 11) is 1.88. The largest absolute Gasteiger partial charge is 0.356 e. The molecular formula is C14H24IN3S. The van der Waals surface area contributed by atoms with Gasteiger partial charge in [-0.05, 0) is 36.6 Å². The van der Waals surface area contributed by atoms with Crippen LogP contribution in [0.1, 0.15) is 24.6 Å². The van der Waals surface area contributed by atoms with Gasteiger partial charge in [0, 0.05) is 31.6 Å². The molecule has 108 valence electrons.